The van der Waals surface area contributed by atoms with Crippen molar-refractivity contribution in [2.75, 3.05) is 18.0 Å². The lowest BCUT2D eigenvalue weighted by molar-refractivity contribution is 0.626. The molecule has 0 amide bonds. The molecule has 0 aliphatic rings. The van der Waals surface area contributed by atoms with Gasteiger partial charge in [0.05, 0.1) is 10.7 Å². The Morgan fingerprint density at radius 1 is 1.25 bits per heavy atom. The van der Waals surface area contributed by atoms with Crippen molar-refractivity contribution in [1.29, 1.82) is 0 Å². The average molecular weight is 309 g/mol. The van der Waals surface area contributed by atoms with E-state index in [1.54, 1.807) is 0 Å². The van der Waals surface area contributed by atoms with Crippen molar-refractivity contribution in [3.63, 3.8) is 0 Å². The van der Waals surface area contributed by atoms with Crippen LogP contribution in [0.1, 0.15) is 26.7 Å². The van der Waals surface area contributed by atoms with Crippen LogP contribution < -0.4 is 4.90 Å². The van der Waals surface area contributed by atoms with E-state index in [9.17, 15) is 4.39 Å². The van der Waals surface area contributed by atoms with Crippen LogP contribution in [-0.4, -0.2) is 13.1 Å². The Labute approximate surface area is 110 Å². The van der Waals surface area contributed by atoms with Gasteiger partial charge in [0.25, 0.3) is 0 Å². The van der Waals surface area contributed by atoms with E-state index >= 15 is 0 Å². The number of hydrogen-bond donors (Lipinski definition) is 0. The number of nitrogens with zero attached hydrogens (tertiary/aromatic N) is 1. The molecule has 0 aliphatic heterocycles. The molecule has 0 saturated heterocycles. The molecule has 4 heteroatoms. The Bertz CT molecular complexity index is 328. The third kappa shape index (κ3) is 3.36. The summed E-state index contributed by atoms with van der Waals surface area (Å²) < 4.78 is 13.8. The summed E-state index contributed by atoms with van der Waals surface area (Å²) in [6.07, 6.45) is 2.08. The number of anilines is 1. The van der Waals surface area contributed by atoms with Crippen LogP contribution in [0.3, 0.4) is 0 Å². The fourth-order valence-corrected chi connectivity index (χ4v) is 2.83. The Morgan fingerprint density at radius 3 is 2.25 bits per heavy atom. The summed E-state index contributed by atoms with van der Waals surface area (Å²) in [5.41, 5.74) is 0.895. The fourth-order valence-electron chi connectivity index (χ4n) is 1.71. The lowest BCUT2D eigenvalue weighted by atomic mass is 10.2. The van der Waals surface area contributed by atoms with Crippen LogP contribution in [0.5, 0.6) is 0 Å². The monoisotopic (exact) mass is 307 g/mol. The van der Waals surface area contributed by atoms with Crippen molar-refractivity contribution in [2.45, 2.75) is 26.7 Å². The van der Waals surface area contributed by atoms with E-state index < -0.39 is 0 Å². The van der Waals surface area contributed by atoms with Gasteiger partial charge in [0, 0.05) is 17.6 Å². The SMILES string of the molecule is CCCN(CCC)c1c(Cl)cc(F)cc1Br. The van der Waals surface area contributed by atoms with Crippen LogP contribution in [0.2, 0.25) is 5.02 Å². The van der Waals surface area contributed by atoms with E-state index in [0.717, 1.165) is 36.1 Å². The first kappa shape index (κ1) is 13.8. The molecule has 16 heavy (non-hydrogen) atoms. The predicted molar refractivity (Wildman–Crippen MR) is 71.9 cm³/mol. The Balaban J connectivity index is 3.07. The summed E-state index contributed by atoms with van der Waals surface area (Å²) in [7, 11) is 0. The summed E-state index contributed by atoms with van der Waals surface area (Å²) in [6.45, 7) is 6.09. The normalized spacial score (nSPS) is 10.6. The molecule has 90 valence electrons. The minimum Gasteiger partial charge on any atom is -0.369 e. The first-order valence-electron chi connectivity index (χ1n) is 5.49. The molecule has 0 saturated carbocycles. The summed E-state index contributed by atoms with van der Waals surface area (Å²) >= 11 is 9.46. The van der Waals surface area contributed by atoms with E-state index in [4.69, 9.17) is 11.6 Å². The van der Waals surface area contributed by atoms with E-state index in [1.807, 2.05) is 0 Å². The van der Waals surface area contributed by atoms with E-state index in [-0.39, 0.29) is 5.82 Å². The lowest BCUT2D eigenvalue weighted by Crippen LogP contribution is -2.25. The van der Waals surface area contributed by atoms with E-state index in [1.165, 1.54) is 12.1 Å². The molecule has 1 aromatic carbocycles. The highest BCUT2D eigenvalue weighted by Gasteiger charge is 2.14. The molecule has 0 bridgehead atoms. The van der Waals surface area contributed by atoms with Gasteiger partial charge in [-0.15, -0.1) is 0 Å². The molecule has 1 aromatic rings. The van der Waals surface area contributed by atoms with Gasteiger partial charge in [-0.05, 0) is 40.9 Å². The number of benzene rings is 1. The summed E-state index contributed by atoms with van der Waals surface area (Å²) in [5, 5.41) is 0.466. The zero-order valence-corrected chi connectivity index (χ0v) is 11.9. The van der Waals surface area contributed by atoms with Crippen LogP contribution in [0, 0.1) is 5.82 Å². The van der Waals surface area contributed by atoms with Gasteiger partial charge in [-0.3, -0.25) is 0 Å². The topological polar surface area (TPSA) is 3.24 Å². The maximum Gasteiger partial charge on any atom is 0.125 e. The van der Waals surface area contributed by atoms with Crippen LogP contribution in [0.15, 0.2) is 16.6 Å². The quantitative estimate of drug-likeness (QED) is 0.750. The molecule has 0 aromatic heterocycles. The van der Waals surface area contributed by atoms with Gasteiger partial charge >= 0.3 is 0 Å². The second-order valence-electron chi connectivity index (χ2n) is 3.71. The highest BCUT2D eigenvalue weighted by atomic mass is 79.9. The molecule has 0 N–H and O–H groups in total. The molecule has 1 rings (SSSR count). The summed E-state index contributed by atoms with van der Waals surface area (Å²) in [5.74, 6) is -0.312. The van der Waals surface area contributed by atoms with Crippen molar-refractivity contribution in [3.05, 3.63) is 27.4 Å². The maximum absolute atomic E-state index is 13.1. The van der Waals surface area contributed by atoms with Gasteiger partial charge in [0.15, 0.2) is 0 Å². The third-order valence-electron chi connectivity index (χ3n) is 2.28. The number of rotatable bonds is 5. The third-order valence-corrected chi connectivity index (χ3v) is 3.18. The smallest absolute Gasteiger partial charge is 0.125 e. The molecule has 0 radical (unpaired) electrons. The standard InChI is InChI=1S/C12H16BrClFN/c1-3-5-16(6-4-2)12-10(13)7-9(15)8-11(12)14/h7-8H,3-6H2,1-2H3. The molecular weight excluding hydrogens is 292 g/mol. The zero-order valence-electron chi connectivity index (χ0n) is 9.56. The van der Waals surface area contributed by atoms with Crippen LogP contribution in [0.25, 0.3) is 0 Å². The Kier molecular flexibility index (Phi) is 5.56. The first-order chi connectivity index (χ1) is 7.60. The molecule has 0 unspecified atom stereocenters. The summed E-state index contributed by atoms with van der Waals surface area (Å²) in [4.78, 5) is 2.19. The zero-order chi connectivity index (χ0) is 12.1. The molecule has 0 aliphatic carbocycles. The van der Waals surface area contributed by atoms with Crippen molar-refractivity contribution in [1.82, 2.24) is 0 Å². The molecular formula is C12H16BrClFN. The second-order valence-corrected chi connectivity index (χ2v) is 4.97. The van der Waals surface area contributed by atoms with Crippen molar-refractivity contribution in [2.24, 2.45) is 0 Å². The molecule has 0 spiro atoms. The fraction of sp³-hybridized carbons (Fsp3) is 0.500. The Hall–Kier alpha value is -0.280. The molecule has 0 atom stereocenters. The van der Waals surface area contributed by atoms with E-state index in [2.05, 4.69) is 34.7 Å². The van der Waals surface area contributed by atoms with Crippen LogP contribution >= 0.6 is 27.5 Å². The molecule has 0 fully saturated rings. The highest BCUT2D eigenvalue weighted by Crippen LogP contribution is 2.35. The first-order valence-corrected chi connectivity index (χ1v) is 6.66. The van der Waals surface area contributed by atoms with Crippen molar-refractivity contribution >= 4 is 33.2 Å². The average Bonchev–Trinajstić information content (AvgIpc) is 2.16. The van der Waals surface area contributed by atoms with Crippen molar-refractivity contribution < 1.29 is 4.39 Å². The second kappa shape index (κ2) is 6.45. The predicted octanol–water partition coefficient (Wildman–Crippen LogP) is 4.87. The van der Waals surface area contributed by atoms with Gasteiger partial charge in [-0.25, -0.2) is 4.39 Å². The lowest BCUT2D eigenvalue weighted by Gasteiger charge is -2.26. The Morgan fingerprint density at radius 2 is 1.81 bits per heavy atom. The largest absolute Gasteiger partial charge is 0.369 e. The van der Waals surface area contributed by atoms with Crippen LogP contribution in [-0.2, 0) is 0 Å². The van der Waals surface area contributed by atoms with Crippen LogP contribution in [0.4, 0.5) is 10.1 Å². The van der Waals surface area contributed by atoms with Gasteiger partial charge in [-0.1, -0.05) is 25.4 Å². The highest BCUT2D eigenvalue weighted by molar-refractivity contribution is 9.10. The van der Waals surface area contributed by atoms with E-state index in [0.29, 0.717) is 5.02 Å². The minimum atomic E-state index is -0.312. The van der Waals surface area contributed by atoms with Gasteiger partial charge < -0.3 is 4.90 Å². The minimum absolute atomic E-state index is 0.312. The summed E-state index contributed by atoms with van der Waals surface area (Å²) in [6, 6.07) is 2.82. The number of halogens is 3. The van der Waals surface area contributed by atoms with Gasteiger partial charge in [0.2, 0.25) is 0 Å². The van der Waals surface area contributed by atoms with Gasteiger partial charge in [-0.2, -0.15) is 0 Å². The molecule has 1 nitrogen and oxygen atoms in total. The maximum atomic E-state index is 13.1. The van der Waals surface area contributed by atoms with Gasteiger partial charge in [0.1, 0.15) is 5.82 Å². The molecule has 0 heterocycles. The number of hydrogen-bond acceptors (Lipinski definition) is 1. The van der Waals surface area contributed by atoms with Crippen molar-refractivity contribution in [3.8, 4) is 0 Å².